The fraction of sp³-hybridized carbons (Fsp3) is 0.160. The summed E-state index contributed by atoms with van der Waals surface area (Å²) >= 11 is 7.15. The van der Waals surface area contributed by atoms with Crippen molar-refractivity contribution >= 4 is 29.3 Å². The zero-order valence-corrected chi connectivity index (χ0v) is 20.8. The van der Waals surface area contributed by atoms with E-state index in [4.69, 9.17) is 16.3 Å². The molecule has 1 heterocycles. The van der Waals surface area contributed by atoms with E-state index in [0.29, 0.717) is 22.2 Å². The number of thioether (sulfide) groups is 1. The zero-order chi connectivity index (χ0) is 26.6. The summed E-state index contributed by atoms with van der Waals surface area (Å²) < 4.78 is 60.6. The van der Waals surface area contributed by atoms with Crippen LogP contribution < -0.4 is 10.1 Å². The Morgan fingerprint density at radius 3 is 2.57 bits per heavy atom. The molecule has 0 spiro atoms. The monoisotopic (exact) mass is 550 g/mol. The van der Waals surface area contributed by atoms with E-state index in [1.165, 1.54) is 25.3 Å². The lowest BCUT2D eigenvalue weighted by Crippen LogP contribution is -2.26. The lowest BCUT2D eigenvalue weighted by Gasteiger charge is -2.14. The Balaban J connectivity index is 1.63. The molecule has 0 aliphatic rings. The number of benzene rings is 3. The number of hydrogen-bond donors (Lipinski definition) is 1. The number of alkyl halides is 3. The van der Waals surface area contributed by atoms with Gasteiger partial charge in [-0.25, -0.2) is 4.39 Å². The van der Waals surface area contributed by atoms with Gasteiger partial charge in [-0.2, -0.15) is 13.2 Å². The highest BCUT2D eigenvalue weighted by Crippen LogP contribution is 2.33. The first-order valence-corrected chi connectivity index (χ1v) is 12.1. The van der Waals surface area contributed by atoms with Crippen LogP contribution in [-0.2, 0) is 18.5 Å². The van der Waals surface area contributed by atoms with Crippen LogP contribution in [0.1, 0.15) is 27.3 Å². The number of halogens is 5. The average Bonchev–Trinajstić information content (AvgIpc) is 3.28. The molecular formula is C25H19ClF4N4O2S. The molecule has 192 valence electrons. The van der Waals surface area contributed by atoms with Gasteiger partial charge in [0.1, 0.15) is 11.6 Å². The summed E-state index contributed by atoms with van der Waals surface area (Å²) in [6, 6.07) is 15.9. The van der Waals surface area contributed by atoms with Gasteiger partial charge < -0.3 is 10.1 Å². The van der Waals surface area contributed by atoms with Crippen molar-refractivity contribution in [1.29, 1.82) is 0 Å². The first-order valence-electron chi connectivity index (χ1n) is 10.8. The van der Waals surface area contributed by atoms with Gasteiger partial charge in [-0.05, 0) is 35.9 Å². The fourth-order valence-electron chi connectivity index (χ4n) is 3.51. The molecule has 6 nitrogen and oxygen atoms in total. The molecular weight excluding hydrogens is 532 g/mol. The van der Waals surface area contributed by atoms with E-state index in [2.05, 4.69) is 15.5 Å². The van der Waals surface area contributed by atoms with Gasteiger partial charge in [-0.3, -0.25) is 9.36 Å². The van der Waals surface area contributed by atoms with Crippen LogP contribution in [0.4, 0.5) is 17.6 Å². The highest BCUT2D eigenvalue weighted by atomic mass is 35.5. The van der Waals surface area contributed by atoms with Crippen LogP contribution in [0.25, 0.3) is 5.69 Å². The minimum absolute atomic E-state index is 0.0407. The average molecular weight is 551 g/mol. The topological polar surface area (TPSA) is 69.0 Å². The van der Waals surface area contributed by atoms with Gasteiger partial charge in [-0.15, -0.1) is 10.2 Å². The highest BCUT2D eigenvalue weighted by Gasteiger charge is 2.30. The van der Waals surface area contributed by atoms with Gasteiger partial charge in [0, 0.05) is 5.75 Å². The molecule has 0 aliphatic heterocycles. The lowest BCUT2D eigenvalue weighted by atomic mass is 10.1. The number of methoxy groups -OCH3 is 1. The number of hydrogen-bond acceptors (Lipinski definition) is 5. The second kappa shape index (κ2) is 11.2. The summed E-state index contributed by atoms with van der Waals surface area (Å²) in [4.78, 5) is 12.6. The highest BCUT2D eigenvalue weighted by molar-refractivity contribution is 7.98. The van der Waals surface area contributed by atoms with Crippen molar-refractivity contribution in [2.75, 3.05) is 7.11 Å². The summed E-state index contributed by atoms with van der Waals surface area (Å²) in [6.45, 7) is -0.140. The largest absolute Gasteiger partial charge is 0.495 e. The number of amides is 1. The van der Waals surface area contributed by atoms with Crippen LogP contribution in [-0.4, -0.2) is 27.8 Å². The molecule has 12 heteroatoms. The molecule has 37 heavy (non-hydrogen) atoms. The van der Waals surface area contributed by atoms with E-state index in [1.54, 1.807) is 34.9 Å². The standard InChI is InChI=1S/C25H19ClF4N4O2S/c1-36-20-11-3-2-10-19(20)34-21(13-31-23(35)22-17(26)8-5-9-18(22)27)32-33-24(34)37-14-15-6-4-7-16(12-15)25(28,29)30/h2-12H,13-14H2,1H3,(H,31,35). The minimum Gasteiger partial charge on any atom is -0.495 e. The van der Waals surface area contributed by atoms with Crippen molar-refractivity contribution < 1.29 is 27.1 Å². The fourth-order valence-corrected chi connectivity index (χ4v) is 4.67. The zero-order valence-electron chi connectivity index (χ0n) is 19.2. The molecule has 1 aromatic heterocycles. The molecule has 4 aromatic rings. The molecule has 0 unspecified atom stereocenters. The Bertz CT molecular complexity index is 1410. The Labute approximate surface area is 218 Å². The summed E-state index contributed by atoms with van der Waals surface area (Å²) in [7, 11) is 1.49. The molecule has 0 saturated heterocycles. The minimum atomic E-state index is -4.45. The van der Waals surface area contributed by atoms with Gasteiger partial charge in [0.2, 0.25) is 0 Å². The Morgan fingerprint density at radius 1 is 1.08 bits per heavy atom. The van der Waals surface area contributed by atoms with Crippen LogP contribution >= 0.6 is 23.4 Å². The summed E-state index contributed by atoms with van der Waals surface area (Å²) in [5.41, 5.74) is -0.0492. The Hall–Kier alpha value is -3.57. The van der Waals surface area contributed by atoms with E-state index in [1.807, 2.05) is 0 Å². The van der Waals surface area contributed by atoms with Crippen molar-refractivity contribution in [3.8, 4) is 11.4 Å². The van der Waals surface area contributed by atoms with Gasteiger partial charge in [0.05, 0.1) is 35.5 Å². The number of rotatable bonds is 8. The normalized spacial score (nSPS) is 11.4. The number of ether oxygens (including phenoxy) is 1. The predicted octanol–water partition coefficient (Wildman–Crippen LogP) is 6.31. The summed E-state index contributed by atoms with van der Waals surface area (Å²) in [6.07, 6.45) is -4.45. The quantitative estimate of drug-likeness (QED) is 0.206. The van der Waals surface area contributed by atoms with Crippen LogP contribution in [0.3, 0.4) is 0 Å². The molecule has 1 N–H and O–H groups in total. The maximum absolute atomic E-state index is 14.2. The number of para-hydroxylation sites is 2. The SMILES string of the molecule is COc1ccccc1-n1c(CNC(=O)c2c(F)cccc2Cl)nnc1SCc1cccc(C(F)(F)F)c1. The van der Waals surface area contributed by atoms with Crippen LogP contribution in [0.2, 0.25) is 5.02 Å². The van der Waals surface area contributed by atoms with Gasteiger partial charge >= 0.3 is 6.18 Å². The molecule has 0 saturated carbocycles. The maximum atomic E-state index is 14.2. The number of carbonyl (C=O) groups is 1. The van der Waals surface area contributed by atoms with E-state index in [9.17, 15) is 22.4 Å². The van der Waals surface area contributed by atoms with Gasteiger partial charge in [-0.1, -0.05) is 59.8 Å². The van der Waals surface area contributed by atoms with Crippen molar-refractivity contribution in [3.05, 3.63) is 100 Å². The Kier molecular flexibility index (Phi) is 8.03. The van der Waals surface area contributed by atoms with Crippen LogP contribution in [0, 0.1) is 5.82 Å². The second-order valence-corrected chi connectivity index (χ2v) is 9.02. The number of nitrogens with one attached hydrogen (secondary N) is 1. The predicted molar refractivity (Wildman–Crippen MR) is 131 cm³/mol. The lowest BCUT2D eigenvalue weighted by molar-refractivity contribution is -0.137. The third kappa shape index (κ3) is 6.05. The molecule has 0 fully saturated rings. The molecule has 0 radical (unpaired) electrons. The van der Waals surface area contributed by atoms with Gasteiger partial charge in [0.15, 0.2) is 11.0 Å². The summed E-state index contributed by atoms with van der Waals surface area (Å²) in [5, 5.41) is 11.3. The van der Waals surface area contributed by atoms with Crippen molar-refractivity contribution in [1.82, 2.24) is 20.1 Å². The first-order chi connectivity index (χ1) is 17.7. The van der Waals surface area contributed by atoms with Crippen LogP contribution in [0.5, 0.6) is 5.75 Å². The van der Waals surface area contributed by atoms with Crippen molar-refractivity contribution in [2.45, 2.75) is 23.6 Å². The summed E-state index contributed by atoms with van der Waals surface area (Å²) in [5.74, 6) is -0.567. The second-order valence-electron chi connectivity index (χ2n) is 7.67. The van der Waals surface area contributed by atoms with Crippen molar-refractivity contribution in [3.63, 3.8) is 0 Å². The third-order valence-electron chi connectivity index (χ3n) is 5.25. The van der Waals surface area contributed by atoms with E-state index in [0.717, 1.165) is 30.0 Å². The molecule has 3 aromatic carbocycles. The smallest absolute Gasteiger partial charge is 0.416 e. The van der Waals surface area contributed by atoms with Crippen LogP contribution in [0.15, 0.2) is 71.9 Å². The van der Waals surface area contributed by atoms with E-state index in [-0.39, 0.29) is 28.7 Å². The molecule has 0 atom stereocenters. The molecule has 4 rings (SSSR count). The Morgan fingerprint density at radius 2 is 1.84 bits per heavy atom. The molecule has 0 aliphatic carbocycles. The maximum Gasteiger partial charge on any atom is 0.416 e. The first kappa shape index (κ1) is 26.5. The number of aromatic nitrogens is 3. The van der Waals surface area contributed by atoms with Gasteiger partial charge in [0.25, 0.3) is 5.91 Å². The number of nitrogens with zero attached hydrogens (tertiary/aromatic N) is 3. The molecule has 1 amide bonds. The third-order valence-corrected chi connectivity index (χ3v) is 6.56. The van der Waals surface area contributed by atoms with Crippen molar-refractivity contribution in [2.24, 2.45) is 0 Å². The van der Waals surface area contributed by atoms with E-state index >= 15 is 0 Å². The molecule has 0 bridgehead atoms. The van der Waals surface area contributed by atoms with E-state index < -0.39 is 23.5 Å². The number of carbonyl (C=O) groups excluding carboxylic acids is 1.